The number of anilines is 1. The summed E-state index contributed by atoms with van der Waals surface area (Å²) in [5.74, 6) is -0.207. The van der Waals surface area contributed by atoms with E-state index in [-0.39, 0.29) is 17.3 Å². The van der Waals surface area contributed by atoms with Crippen LogP contribution < -0.4 is 10.0 Å². The first kappa shape index (κ1) is 17.2. The summed E-state index contributed by atoms with van der Waals surface area (Å²) in [7, 11) is -3.61. The van der Waals surface area contributed by atoms with Gasteiger partial charge in [0, 0.05) is 24.5 Å². The molecular formula is C18H18N2O4S. The van der Waals surface area contributed by atoms with Crippen LogP contribution in [0.2, 0.25) is 0 Å². The predicted molar refractivity (Wildman–Crippen MR) is 95.9 cm³/mol. The lowest BCUT2D eigenvalue weighted by molar-refractivity contribution is -0.114. The zero-order chi connectivity index (χ0) is 17.9. The highest BCUT2D eigenvalue weighted by atomic mass is 32.2. The number of furan rings is 1. The lowest BCUT2D eigenvalue weighted by Crippen LogP contribution is -2.26. The molecule has 0 spiro atoms. The summed E-state index contributed by atoms with van der Waals surface area (Å²) in [5, 5.41) is 3.58. The zero-order valence-electron chi connectivity index (χ0n) is 13.7. The minimum Gasteiger partial charge on any atom is -0.464 e. The minimum atomic E-state index is -3.61. The van der Waals surface area contributed by atoms with E-state index in [2.05, 4.69) is 10.0 Å². The highest BCUT2D eigenvalue weighted by molar-refractivity contribution is 7.89. The Morgan fingerprint density at radius 2 is 1.80 bits per heavy atom. The molecule has 0 aliphatic carbocycles. The molecule has 0 aliphatic heterocycles. The van der Waals surface area contributed by atoms with Crippen LogP contribution in [0, 0.1) is 0 Å². The first-order valence-corrected chi connectivity index (χ1v) is 9.26. The molecule has 0 fully saturated rings. The third-order valence-electron chi connectivity index (χ3n) is 3.73. The van der Waals surface area contributed by atoms with Crippen molar-refractivity contribution in [3.05, 3.63) is 60.4 Å². The van der Waals surface area contributed by atoms with E-state index in [1.165, 1.54) is 19.1 Å². The van der Waals surface area contributed by atoms with E-state index in [1.807, 2.05) is 24.3 Å². The number of carbonyl (C=O) groups is 1. The molecular weight excluding hydrogens is 340 g/mol. The van der Waals surface area contributed by atoms with E-state index in [9.17, 15) is 13.2 Å². The number of rotatable bonds is 6. The Hall–Kier alpha value is -2.64. The first-order chi connectivity index (χ1) is 12.0. The molecule has 130 valence electrons. The van der Waals surface area contributed by atoms with Crippen LogP contribution in [-0.2, 0) is 21.2 Å². The molecule has 0 radical (unpaired) electrons. The van der Waals surface area contributed by atoms with Crippen molar-refractivity contribution in [1.82, 2.24) is 4.72 Å². The Morgan fingerprint density at radius 1 is 1.08 bits per heavy atom. The summed E-state index contributed by atoms with van der Waals surface area (Å²) >= 11 is 0. The van der Waals surface area contributed by atoms with Gasteiger partial charge in [0.05, 0.1) is 11.2 Å². The second kappa shape index (κ2) is 7.08. The van der Waals surface area contributed by atoms with Gasteiger partial charge in [-0.2, -0.15) is 0 Å². The third kappa shape index (κ3) is 4.07. The van der Waals surface area contributed by atoms with Crippen LogP contribution in [0.25, 0.3) is 11.0 Å². The van der Waals surface area contributed by atoms with Gasteiger partial charge in [0.25, 0.3) is 0 Å². The fourth-order valence-corrected chi connectivity index (χ4v) is 3.58. The van der Waals surface area contributed by atoms with Gasteiger partial charge < -0.3 is 9.73 Å². The van der Waals surface area contributed by atoms with Crippen molar-refractivity contribution in [1.29, 1.82) is 0 Å². The van der Waals surface area contributed by atoms with E-state index in [4.69, 9.17) is 4.42 Å². The number of benzene rings is 2. The van der Waals surface area contributed by atoms with Crippen molar-refractivity contribution in [3.8, 4) is 0 Å². The molecule has 1 heterocycles. The monoisotopic (exact) mass is 358 g/mol. The molecule has 0 aliphatic rings. The van der Waals surface area contributed by atoms with Gasteiger partial charge in [-0.1, -0.05) is 18.2 Å². The van der Waals surface area contributed by atoms with Crippen molar-refractivity contribution in [3.63, 3.8) is 0 Å². The largest absolute Gasteiger partial charge is 0.464 e. The lowest BCUT2D eigenvalue weighted by Gasteiger charge is -2.07. The van der Waals surface area contributed by atoms with Gasteiger partial charge in [0.15, 0.2) is 0 Å². The number of carbonyl (C=O) groups excluding carboxylic acids is 1. The lowest BCUT2D eigenvalue weighted by atomic mass is 10.1. The summed E-state index contributed by atoms with van der Waals surface area (Å²) in [4.78, 5) is 11.1. The molecule has 3 aromatic rings. The predicted octanol–water partition coefficient (Wildman–Crippen LogP) is 2.91. The summed E-state index contributed by atoms with van der Waals surface area (Å²) in [6, 6.07) is 13.7. The van der Waals surface area contributed by atoms with Crippen molar-refractivity contribution in [2.75, 3.05) is 11.9 Å². The summed E-state index contributed by atoms with van der Waals surface area (Å²) in [6.07, 6.45) is 2.18. The molecule has 2 aromatic carbocycles. The minimum absolute atomic E-state index is 0.152. The van der Waals surface area contributed by atoms with E-state index >= 15 is 0 Å². The second-order valence-electron chi connectivity index (χ2n) is 5.61. The fourth-order valence-electron chi connectivity index (χ4n) is 2.55. The number of nitrogens with one attached hydrogen (secondary N) is 2. The van der Waals surface area contributed by atoms with E-state index in [0.29, 0.717) is 12.1 Å². The van der Waals surface area contributed by atoms with E-state index in [1.54, 1.807) is 18.4 Å². The Labute approximate surface area is 145 Å². The van der Waals surface area contributed by atoms with Crippen molar-refractivity contribution in [2.45, 2.75) is 18.2 Å². The Morgan fingerprint density at radius 3 is 2.52 bits per heavy atom. The van der Waals surface area contributed by atoms with E-state index < -0.39 is 10.0 Å². The molecule has 1 aromatic heterocycles. The highest BCUT2D eigenvalue weighted by Gasteiger charge is 2.14. The smallest absolute Gasteiger partial charge is 0.240 e. The molecule has 0 unspecified atom stereocenters. The maximum Gasteiger partial charge on any atom is 0.240 e. The topological polar surface area (TPSA) is 88.4 Å². The SMILES string of the molecule is CC(=O)Nc1ccc(S(=O)(=O)NCCc2coc3ccccc23)cc1. The average Bonchev–Trinajstić information content (AvgIpc) is 2.98. The van der Waals surface area contributed by atoms with Crippen LogP contribution in [0.5, 0.6) is 0 Å². The second-order valence-corrected chi connectivity index (χ2v) is 7.38. The standard InChI is InChI=1S/C18H18N2O4S/c1-13(21)20-15-6-8-16(9-7-15)25(22,23)19-11-10-14-12-24-18-5-3-2-4-17(14)18/h2-9,12,19H,10-11H2,1H3,(H,20,21). The van der Waals surface area contributed by atoms with Crippen molar-refractivity contribution < 1.29 is 17.6 Å². The molecule has 25 heavy (non-hydrogen) atoms. The van der Waals surface area contributed by atoms with Crippen LogP contribution >= 0.6 is 0 Å². The molecule has 0 saturated carbocycles. The summed E-state index contributed by atoms with van der Waals surface area (Å²) in [6.45, 7) is 1.66. The molecule has 2 N–H and O–H groups in total. The Balaban J connectivity index is 1.64. The van der Waals surface area contributed by atoms with Crippen molar-refractivity contribution in [2.24, 2.45) is 0 Å². The third-order valence-corrected chi connectivity index (χ3v) is 5.21. The van der Waals surface area contributed by atoms with Crippen LogP contribution in [0.15, 0.2) is 64.1 Å². The maximum atomic E-state index is 12.3. The van der Waals surface area contributed by atoms with Gasteiger partial charge in [-0.05, 0) is 42.3 Å². The van der Waals surface area contributed by atoms with Crippen LogP contribution in [0.4, 0.5) is 5.69 Å². The van der Waals surface area contributed by atoms with E-state index in [0.717, 1.165) is 16.5 Å². The molecule has 0 saturated heterocycles. The molecule has 1 amide bonds. The summed E-state index contributed by atoms with van der Waals surface area (Å²) < 4.78 is 32.7. The summed E-state index contributed by atoms with van der Waals surface area (Å²) in [5.41, 5.74) is 2.30. The molecule has 0 bridgehead atoms. The molecule has 0 atom stereocenters. The Bertz CT molecular complexity index is 991. The number of amides is 1. The molecule has 6 nitrogen and oxygen atoms in total. The molecule has 3 rings (SSSR count). The number of fused-ring (bicyclic) bond motifs is 1. The fraction of sp³-hybridized carbons (Fsp3) is 0.167. The van der Waals surface area contributed by atoms with Gasteiger partial charge in [-0.15, -0.1) is 0 Å². The van der Waals surface area contributed by atoms with Crippen LogP contribution in [-0.4, -0.2) is 20.9 Å². The number of hydrogen-bond donors (Lipinski definition) is 2. The molecule has 7 heteroatoms. The number of para-hydroxylation sites is 1. The number of sulfonamides is 1. The maximum absolute atomic E-state index is 12.3. The zero-order valence-corrected chi connectivity index (χ0v) is 14.5. The Kier molecular flexibility index (Phi) is 4.87. The van der Waals surface area contributed by atoms with Gasteiger partial charge >= 0.3 is 0 Å². The van der Waals surface area contributed by atoms with Gasteiger partial charge in [0.2, 0.25) is 15.9 Å². The van der Waals surface area contributed by atoms with Crippen LogP contribution in [0.1, 0.15) is 12.5 Å². The van der Waals surface area contributed by atoms with Crippen LogP contribution in [0.3, 0.4) is 0 Å². The average molecular weight is 358 g/mol. The first-order valence-electron chi connectivity index (χ1n) is 7.78. The van der Waals surface area contributed by atoms with Gasteiger partial charge in [-0.3, -0.25) is 4.79 Å². The quantitative estimate of drug-likeness (QED) is 0.709. The highest BCUT2D eigenvalue weighted by Crippen LogP contribution is 2.21. The normalized spacial score (nSPS) is 11.6. The van der Waals surface area contributed by atoms with Gasteiger partial charge in [0.1, 0.15) is 5.58 Å². The van der Waals surface area contributed by atoms with Crippen molar-refractivity contribution >= 4 is 32.6 Å². The number of hydrogen-bond acceptors (Lipinski definition) is 4. The van der Waals surface area contributed by atoms with Gasteiger partial charge in [-0.25, -0.2) is 13.1 Å².